The molecule has 0 unspecified atom stereocenters. The van der Waals surface area contributed by atoms with Gasteiger partial charge in [-0.15, -0.1) is 0 Å². The van der Waals surface area contributed by atoms with Crippen molar-refractivity contribution < 1.29 is 14.2 Å². The van der Waals surface area contributed by atoms with Crippen molar-refractivity contribution in [1.82, 2.24) is 4.98 Å². The Bertz CT molecular complexity index is 294. The molecule has 0 radical (unpaired) electrons. The van der Waals surface area contributed by atoms with E-state index in [0.717, 1.165) is 6.42 Å². The van der Waals surface area contributed by atoms with E-state index < -0.39 is 0 Å². The van der Waals surface area contributed by atoms with Gasteiger partial charge in [0.15, 0.2) is 0 Å². The maximum Gasteiger partial charge on any atom is 0.145 e. The summed E-state index contributed by atoms with van der Waals surface area (Å²) in [4.78, 5) is 3.88. The number of nitrogens with zero attached hydrogens (tertiary/aromatic N) is 1. The highest BCUT2D eigenvalue weighted by Gasteiger charge is 1.98. The number of anilines is 1. The lowest BCUT2D eigenvalue weighted by molar-refractivity contribution is 0.0645. The molecule has 0 aromatic carbocycles. The first-order chi connectivity index (χ1) is 7.84. The van der Waals surface area contributed by atoms with Crippen molar-refractivity contribution in [2.24, 2.45) is 0 Å². The van der Waals surface area contributed by atoms with E-state index in [1.165, 1.54) is 0 Å². The van der Waals surface area contributed by atoms with E-state index in [2.05, 4.69) is 4.98 Å². The number of nitrogen functional groups attached to an aromatic ring is 1. The number of methoxy groups -OCH3 is 1. The van der Waals surface area contributed by atoms with E-state index in [9.17, 15) is 0 Å². The second-order valence-corrected chi connectivity index (χ2v) is 3.22. The number of pyridine rings is 1. The summed E-state index contributed by atoms with van der Waals surface area (Å²) in [6, 6.07) is 1.75. The molecule has 2 N–H and O–H groups in total. The van der Waals surface area contributed by atoms with Crippen molar-refractivity contribution in [3.05, 3.63) is 18.5 Å². The van der Waals surface area contributed by atoms with E-state index in [1.54, 1.807) is 25.6 Å². The molecule has 90 valence electrons. The van der Waals surface area contributed by atoms with Gasteiger partial charge in [-0.25, -0.2) is 0 Å². The van der Waals surface area contributed by atoms with Crippen LogP contribution in [0.1, 0.15) is 6.42 Å². The molecule has 0 aliphatic rings. The van der Waals surface area contributed by atoms with Crippen LogP contribution in [0.2, 0.25) is 0 Å². The molecule has 0 aliphatic heterocycles. The molecule has 5 heteroatoms. The Morgan fingerprint density at radius 3 is 2.88 bits per heavy atom. The number of hydrogen-bond acceptors (Lipinski definition) is 5. The minimum atomic E-state index is 0.558. The number of aromatic nitrogens is 1. The van der Waals surface area contributed by atoms with Crippen LogP contribution >= 0.6 is 0 Å². The van der Waals surface area contributed by atoms with Gasteiger partial charge >= 0.3 is 0 Å². The van der Waals surface area contributed by atoms with Crippen molar-refractivity contribution in [2.45, 2.75) is 6.42 Å². The number of rotatable bonds is 8. The second kappa shape index (κ2) is 7.90. The summed E-state index contributed by atoms with van der Waals surface area (Å²) in [5.41, 5.74) is 6.22. The minimum Gasteiger partial charge on any atom is -0.491 e. The maximum absolute atomic E-state index is 5.67. The zero-order valence-electron chi connectivity index (χ0n) is 9.52. The number of ether oxygens (including phenoxy) is 3. The van der Waals surface area contributed by atoms with Gasteiger partial charge in [-0.2, -0.15) is 0 Å². The highest BCUT2D eigenvalue weighted by molar-refractivity contribution is 5.49. The monoisotopic (exact) mass is 226 g/mol. The van der Waals surface area contributed by atoms with Crippen LogP contribution in [0.3, 0.4) is 0 Å². The van der Waals surface area contributed by atoms with Crippen molar-refractivity contribution >= 4 is 5.69 Å². The molecule has 1 rings (SSSR count). The molecular weight excluding hydrogens is 208 g/mol. The van der Waals surface area contributed by atoms with Gasteiger partial charge in [0, 0.05) is 32.4 Å². The molecule has 1 aromatic rings. The van der Waals surface area contributed by atoms with Gasteiger partial charge in [-0.05, 0) is 0 Å². The third-order valence-corrected chi connectivity index (χ3v) is 1.93. The lowest BCUT2D eigenvalue weighted by atomic mass is 10.4. The molecule has 1 aromatic heterocycles. The van der Waals surface area contributed by atoms with Gasteiger partial charge in [0.05, 0.1) is 31.7 Å². The summed E-state index contributed by atoms with van der Waals surface area (Å²) >= 11 is 0. The van der Waals surface area contributed by atoms with Crippen LogP contribution in [0.25, 0.3) is 0 Å². The molecule has 0 spiro atoms. The van der Waals surface area contributed by atoms with E-state index >= 15 is 0 Å². The van der Waals surface area contributed by atoms with Crippen molar-refractivity contribution in [2.75, 3.05) is 39.3 Å². The fraction of sp³-hybridized carbons (Fsp3) is 0.545. The zero-order chi connectivity index (χ0) is 11.6. The first kappa shape index (κ1) is 12.7. The van der Waals surface area contributed by atoms with Gasteiger partial charge in [0.1, 0.15) is 5.75 Å². The van der Waals surface area contributed by atoms with Gasteiger partial charge in [0.2, 0.25) is 0 Å². The fourth-order valence-electron chi connectivity index (χ4n) is 1.11. The number of hydrogen-bond donors (Lipinski definition) is 1. The summed E-state index contributed by atoms with van der Waals surface area (Å²) in [6.45, 7) is 2.49. The average Bonchev–Trinajstić information content (AvgIpc) is 2.30. The standard InChI is InChI=1S/C11H18N2O3/c1-14-7-8-15-5-2-6-16-11-3-4-13-9-10(11)12/h3-4,9H,2,5-8,12H2,1H3. The van der Waals surface area contributed by atoms with Crippen molar-refractivity contribution in [1.29, 1.82) is 0 Å². The van der Waals surface area contributed by atoms with Crippen molar-refractivity contribution in [3.63, 3.8) is 0 Å². The Balaban J connectivity index is 2.05. The molecule has 16 heavy (non-hydrogen) atoms. The quantitative estimate of drug-likeness (QED) is 0.672. The average molecular weight is 226 g/mol. The molecule has 0 saturated heterocycles. The Labute approximate surface area is 95.5 Å². The van der Waals surface area contributed by atoms with Crippen LogP contribution in [-0.4, -0.2) is 38.5 Å². The topological polar surface area (TPSA) is 66.6 Å². The predicted octanol–water partition coefficient (Wildman–Crippen LogP) is 1.10. The SMILES string of the molecule is COCCOCCCOc1ccncc1N. The first-order valence-electron chi connectivity index (χ1n) is 5.23. The molecule has 0 atom stereocenters. The van der Waals surface area contributed by atoms with Crippen LogP contribution in [0.4, 0.5) is 5.69 Å². The minimum absolute atomic E-state index is 0.558. The largest absolute Gasteiger partial charge is 0.491 e. The van der Waals surface area contributed by atoms with Gasteiger partial charge in [-0.1, -0.05) is 0 Å². The second-order valence-electron chi connectivity index (χ2n) is 3.22. The molecule has 0 amide bonds. The lowest BCUT2D eigenvalue weighted by Crippen LogP contribution is -2.07. The fourth-order valence-corrected chi connectivity index (χ4v) is 1.11. The highest BCUT2D eigenvalue weighted by Crippen LogP contribution is 2.18. The smallest absolute Gasteiger partial charge is 0.145 e. The molecule has 5 nitrogen and oxygen atoms in total. The van der Waals surface area contributed by atoms with E-state index in [1.807, 2.05) is 0 Å². The van der Waals surface area contributed by atoms with Gasteiger partial charge in [-0.3, -0.25) is 4.98 Å². The van der Waals surface area contributed by atoms with E-state index in [0.29, 0.717) is 37.9 Å². The van der Waals surface area contributed by atoms with Gasteiger partial charge < -0.3 is 19.9 Å². The first-order valence-corrected chi connectivity index (χ1v) is 5.23. The van der Waals surface area contributed by atoms with Crippen LogP contribution in [0, 0.1) is 0 Å². The molecule has 0 aliphatic carbocycles. The maximum atomic E-state index is 5.67. The van der Waals surface area contributed by atoms with Crippen LogP contribution in [-0.2, 0) is 9.47 Å². The Hall–Kier alpha value is -1.33. The third-order valence-electron chi connectivity index (χ3n) is 1.93. The zero-order valence-corrected chi connectivity index (χ0v) is 9.52. The Kier molecular flexibility index (Phi) is 6.29. The normalized spacial score (nSPS) is 10.3. The summed E-state index contributed by atoms with van der Waals surface area (Å²) in [5, 5.41) is 0. The molecule has 1 heterocycles. The number of nitrogens with two attached hydrogens (primary N) is 1. The molecular formula is C11H18N2O3. The molecule has 0 saturated carbocycles. The van der Waals surface area contributed by atoms with Gasteiger partial charge in [0.25, 0.3) is 0 Å². The summed E-state index contributed by atoms with van der Waals surface area (Å²) in [6.07, 6.45) is 4.05. The summed E-state index contributed by atoms with van der Waals surface area (Å²) in [7, 11) is 1.65. The predicted molar refractivity (Wildman–Crippen MR) is 61.5 cm³/mol. The third kappa shape index (κ3) is 4.95. The highest BCUT2D eigenvalue weighted by atomic mass is 16.5. The lowest BCUT2D eigenvalue weighted by Gasteiger charge is -2.08. The Morgan fingerprint density at radius 2 is 2.12 bits per heavy atom. The van der Waals surface area contributed by atoms with Crippen molar-refractivity contribution in [3.8, 4) is 5.75 Å². The van der Waals surface area contributed by atoms with Crippen LogP contribution in [0.5, 0.6) is 5.75 Å². The summed E-state index contributed by atoms with van der Waals surface area (Å²) < 4.78 is 15.6. The molecule has 0 fully saturated rings. The van der Waals surface area contributed by atoms with Crippen LogP contribution < -0.4 is 10.5 Å². The van der Waals surface area contributed by atoms with Crippen LogP contribution in [0.15, 0.2) is 18.5 Å². The van der Waals surface area contributed by atoms with E-state index in [-0.39, 0.29) is 0 Å². The van der Waals surface area contributed by atoms with E-state index in [4.69, 9.17) is 19.9 Å². The Morgan fingerprint density at radius 1 is 1.25 bits per heavy atom. The summed E-state index contributed by atoms with van der Waals surface area (Å²) in [5.74, 6) is 0.673. The molecule has 0 bridgehead atoms.